The minimum absolute atomic E-state index is 0.439. The van der Waals surface area contributed by atoms with Crippen LogP contribution in [0.4, 0.5) is 0 Å². The number of nitrogens with one attached hydrogen (secondary N) is 1. The Morgan fingerprint density at radius 1 is 1.10 bits per heavy atom. The molecule has 2 unspecified atom stereocenters. The van der Waals surface area contributed by atoms with E-state index >= 15 is 0 Å². The summed E-state index contributed by atoms with van der Waals surface area (Å²) in [6.45, 7) is 0.947. The molecule has 0 aliphatic heterocycles. The van der Waals surface area contributed by atoms with E-state index in [4.69, 9.17) is 4.74 Å². The van der Waals surface area contributed by atoms with Crippen LogP contribution < -0.4 is 5.32 Å². The van der Waals surface area contributed by atoms with Crippen molar-refractivity contribution < 1.29 is 4.74 Å². The third-order valence-corrected chi connectivity index (χ3v) is 4.42. The van der Waals surface area contributed by atoms with Gasteiger partial charge in [-0.15, -0.1) is 0 Å². The average molecular weight is 269 g/mol. The first-order valence-corrected chi connectivity index (χ1v) is 7.59. The third-order valence-electron chi connectivity index (χ3n) is 4.42. The summed E-state index contributed by atoms with van der Waals surface area (Å²) in [5.41, 5.74) is 1.39. The van der Waals surface area contributed by atoms with Crippen molar-refractivity contribution in [2.75, 3.05) is 7.11 Å². The molecule has 20 heavy (non-hydrogen) atoms. The first kappa shape index (κ1) is 13.6. The van der Waals surface area contributed by atoms with Crippen LogP contribution in [0.3, 0.4) is 0 Å². The Labute approximate surface area is 121 Å². The monoisotopic (exact) mass is 269 g/mol. The molecule has 1 aliphatic carbocycles. The molecule has 0 saturated heterocycles. The number of methoxy groups -OCH3 is 1. The average Bonchev–Trinajstić information content (AvgIpc) is 2.53. The van der Waals surface area contributed by atoms with E-state index < -0.39 is 0 Å². The van der Waals surface area contributed by atoms with E-state index in [0.29, 0.717) is 12.1 Å². The van der Waals surface area contributed by atoms with Crippen molar-refractivity contribution in [2.45, 2.75) is 44.4 Å². The van der Waals surface area contributed by atoms with E-state index in [-0.39, 0.29) is 0 Å². The van der Waals surface area contributed by atoms with Gasteiger partial charge in [0.05, 0.1) is 6.10 Å². The van der Waals surface area contributed by atoms with Crippen LogP contribution in [0.2, 0.25) is 0 Å². The van der Waals surface area contributed by atoms with E-state index in [1.165, 1.54) is 35.6 Å². The van der Waals surface area contributed by atoms with Crippen molar-refractivity contribution in [3.05, 3.63) is 48.0 Å². The summed E-state index contributed by atoms with van der Waals surface area (Å²) < 4.78 is 5.50. The fraction of sp³-hybridized carbons (Fsp3) is 0.444. The van der Waals surface area contributed by atoms with E-state index in [2.05, 4.69) is 47.8 Å². The molecule has 2 atom stereocenters. The molecule has 106 valence electrons. The topological polar surface area (TPSA) is 21.3 Å². The lowest BCUT2D eigenvalue weighted by molar-refractivity contribution is 0.0586. The maximum Gasteiger partial charge on any atom is 0.0586 e. The van der Waals surface area contributed by atoms with Crippen molar-refractivity contribution in [3.63, 3.8) is 0 Å². The molecule has 0 aromatic heterocycles. The molecule has 0 bridgehead atoms. The highest BCUT2D eigenvalue weighted by Crippen LogP contribution is 2.22. The maximum absolute atomic E-state index is 5.50. The molecule has 2 nitrogen and oxygen atoms in total. The van der Waals surface area contributed by atoms with Crippen LogP contribution in [0.15, 0.2) is 42.5 Å². The van der Waals surface area contributed by atoms with Gasteiger partial charge in [0.25, 0.3) is 0 Å². The lowest BCUT2D eigenvalue weighted by atomic mass is 9.92. The molecule has 1 fully saturated rings. The number of hydrogen-bond donors (Lipinski definition) is 1. The molecular weight excluding hydrogens is 246 g/mol. The lowest BCUT2D eigenvalue weighted by Gasteiger charge is -2.29. The van der Waals surface area contributed by atoms with Gasteiger partial charge in [-0.1, -0.05) is 42.5 Å². The van der Waals surface area contributed by atoms with Crippen molar-refractivity contribution in [1.82, 2.24) is 5.32 Å². The smallest absolute Gasteiger partial charge is 0.0586 e. The summed E-state index contributed by atoms with van der Waals surface area (Å²) in [5.74, 6) is 0. The molecule has 2 aromatic carbocycles. The quantitative estimate of drug-likeness (QED) is 0.909. The second kappa shape index (κ2) is 6.38. The first-order valence-electron chi connectivity index (χ1n) is 7.59. The van der Waals surface area contributed by atoms with Crippen LogP contribution in [0.1, 0.15) is 31.2 Å². The number of benzene rings is 2. The van der Waals surface area contributed by atoms with Gasteiger partial charge in [0, 0.05) is 19.7 Å². The Bertz CT molecular complexity index is 561. The van der Waals surface area contributed by atoms with E-state index in [1.807, 2.05) is 7.11 Å². The summed E-state index contributed by atoms with van der Waals surface area (Å²) in [5, 5.41) is 6.40. The summed E-state index contributed by atoms with van der Waals surface area (Å²) in [4.78, 5) is 0. The van der Waals surface area contributed by atoms with Gasteiger partial charge >= 0.3 is 0 Å². The third kappa shape index (κ3) is 3.02. The van der Waals surface area contributed by atoms with Gasteiger partial charge in [-0.3, -0.25) is 0 Å². The molecule has 0 spiro atoms. The van der Waals surface area contributed by atoms with Crippen LogP contribution in [0.5, 0.6) is 0 Å². The molecule has 1 saturated carbocycles. The Morgan fingerprint density at radius 3 is 2.85 bits per heavy atom. The Kier molecular flexibility index (Phi) is 4.34. The van der Waals surface area contributed by atoms with Crippen LogP contribution >= 0.6 is 0 Å². The van der Waals surface area contributed by atoms with E-state index in [0.717, 1.165) is 13.0 Å². The van der Waals surface area contributed by atoms with Crippen molar-refractivity contribution in [2.24, 2.45) is 0 Å². The zero-order chi connectivity index (χ0) is 13.8. The summed E-state index contributed by atoms with van der Waals surface area (Å²) >= 11 is 0. The van der Waals surface area contributed by atoms with Crippen LogP contribution in [-0.2, 0) is 11.3 Å². The predicted octanol–water partition coefficient (Wildman–Crippen LogP) is 3.89. The van der Waals surface area contributed by atoms with Crippen LogP contribution in [0.25, 0.3) is 10.8 Å². The first-order chi connectivity index (χ1) is 9.86. The molecule has 0 radical (unpaired) electrons. The molecule has 0 amide bonds. The largest absolute Gasteiger partial charge is 0.381 e. The fourth-order valence-electron chi connectivity index (χ4n) is 3.25. The summed E-state index contributed by atoms with van der Waals surface area (Å²) in [6, 6.07) is 15.8. The lowest BCUT2D eigenvalue weighted by Crippen LogP contribution is -2.36. The normalized spacial score (nSPS) is 23.1. The van der Waals surface area contributed by atoms with Crippen LogP contribution in [-0.4, -0.2) is 19.3 Å². The number of rotatable bonds is 4. The molecular formula is C18H23NO. The second-order valence-corrected chi connectivity index (χ2v) is 5.74. The fourth-order valence-corrected chi connectivity index (χ4v) is 3.25. The highest BCUT2D eigenvalue weighted by molar-refractivity contribution is 5.85. The predicted molar refractivity (Wildman–Crippen MR) is 83.8 cm³/mol. The van der Waals surface area contributed by atoms with E-state index in [1.54, 1.807) is 0 Å². The Morgan fingerprint density at radius 2 is 1.95 bits per heavy atom. The second-order valence-electron chi connectivity index (χ2n) is 5.74. The maximum atomic E-state index is 5.50. The molecule has 3 rings (SSSR count). The van der Waals surface area contributed by atoms with Gasteiger partial charge in [0.15, 0.2) is 0 Å². The summed E-state index contributed by atoms with van der Waals surface area (Å²) in [6.07, 6.45) is 5.33. The van der Waals surface area contributed by atoms with Crippen molar-refractivity contribution in [3.8, 4) is 0 Å². The minimum atomic E-state index is 0.439. The molecule has 2 aromatic rings. The van der Waals surface area contributed by atoms with Gasteiger partial charge in [-0.25, -0.2) is 0 Å². The highest BCUT2D eigenvalue weighted by atomic mass is 16.5. The Balaban J connectivity index is 1.68. The SMILES string of the molecule is COC1CCCC(NCc2cccc3ccccc23)C1. The highest BCUT2D eigenvalue weighted by Gasteiger charge is 2.21. The van der Waals surface area contributed by atoms with Crippen molar-refractivity contribution >= 4 is 10.8 Å². The van der Waals surface area contributed by atoms with Gasteiger partial charge in [-0.2, -0.15) is 0 Å². The zero-order valence-corrected chi connectivity index (χ0v) is 12.1. The van der Waals surface area contributed by atoms with Gasteiger partial charge in [-0.05, 0) is 42.0 Å². The number of ether oxygens (including phenoxy) is 1. The zero-order valence-electron chi connectivity index (χ0n) is 12.1. The standard InChI is InChI=1S/C18H23NO/c1-20-17-10-5-9-16(12-17)19-13-15-8-4-7-14-6-2-3-11-18(14)15/h2-4,6-8,11,16-17,19H,5,9-10,12-13H2,1H3. The summed E-state index contributed by atoms with van der Waals surface area (Å²) in [7, 11) is 1.83. The van der Waals surface area contributed by atoms with E-state index in [9.17, 15) is 0 Å². The molecule has 0 heterocycles. The Hall–Kier alpha value is -1.38. The molecule has 1 N–H and O–H groups in total. The minimum Gasteiger partial charge on any atom is -0.381 e. The van der Waals surface area contributed by atoms with Gasteiger partial charge in [0.1, 0.15) is 0 Å². The van der Waals surface area contributed by atoms with Crippen LogP contribution in [0, 0.1) is 0 Å². The molecule has 1 aliphatic rings. The van der Waals surface area contributed by atoms with Crippen molar-refractivity contribution in [1.29, 1.82) is 0 Å². The number of hydrogen-bond acceptors (Lipinski definition) is 2. The molecule has 2 heteroatoms. The number of fused-ring (bicyclic) bond motifs is 1. The van der Waals surface area contributed by atoms with Gasteiger partial charge < -0.3 is 10.1 Å². The van der Waals surface area contributed by atoms with Gasteiger partial charge in [0.2, 0.25) is 0 Å².